The Balaban J connectivity index is 1.63. The molecule has 3 rings (SSSR count). The summed E-state index contributed by atoms with van der Waals surface area (Å²) in [5.74, 6) is 0. The van der Waals surface area contributed by atoms with Crippen molar-refractivity contribution in [2.75, 3.05) is 39.5 Å². The molecule has 0 aromatic carbocycles. The fourth-order valence-electron chi connectivity index (χ4n) is 3.98. The van der Waals surface area contributed by atoms with E-state index in [0.717, 1.165) is 63.7 Å². The maximum Gasteiger partial charge on any atom is 0.0782 e. The first-order chi connectivity index (χ1) is 11.6. The normalized spacial score (nSPS) is 29.2. The van der Waals surface area contributed by atoms with E-state index in [2.05, 4.69) is 34.0 Å². The molecule has 1 unspecified atom stereocenters. The van der Waals surface area contributed by atoms with E-state index in [0.29, 0.717) is 6.10 Å². The molecular formula is C18H30N4O2. The van der Waals surface area contributed by atoms with Gasteiger partial charge >= 0.3 is 0 Å². The first kappa shape index (κ1) is 17.7. The van der Waals surface area contributed by atoms with Crippen LogP contribution < -0.4 is 5.32 Å². The van der Waals surface area contributed by atoms with Crippen molar-refractivity contribution in [1.29, 1.82) is 0 Å². The molecule has 1 aliphatic heterocycles. The molecule has 1 saturated heterocycles. The summed E-state index contributed by atoms with van der Waals surface area (Å²) in [5.41, 5.74) is 2.22. The van der Waals surface area contributed by atoms with E-state index in [1.807, 2.05) is 6.92 Å². The third-order valence-corrected chi connectivity index (χ3v) is 5.37. The molecular weight excluding hydrogens is 304 g/mol. The molecule has 2 fully saturated rings. The smallest absolute Gasteiger partial charge is 0.0782 e. The number of ether oxygens (including phenoxy) is 2. The Labute approximate surface area is 145 Å². The quantitative estimate of drug-likeness (QED) is 0.819. The van der Waals surface area contributed by atoms with Crippen molar-refractivity contribution in [1.82, 2.24) is 20.2 Å². The van der Waals surface area contributed by atoms with Gasteiger partial charge in [0.1, 0.15) is 0 Å². The minimum atomic E-state index is 0.188. The van der Waals surface area contributed by atoms with E-state index in [1.54, 1.807) is 12.4 Å². The number of aromatic nitrogens is 2. The first-order valence-corrected chi connectivity index (χ1v) is 9.10. The molecule has 0 spiro atoms. The lowest BCUT2D eigenvalue weighted by Crippen LogP contribution is -2.66. The van der Waals surface area contributed by atoms with Gasteiger partial charge in [-0.05, 0) is 33.6 Å². The predicted octanol–water partition coefficient (Wildman–Crippen LogP) is 1.71. The molecule has 1 N–H and O–H groups in total. The molecule has 0 amide bonds. The highest BCUT2D eigenvalue weighted by atomic mass is 16.5. The van der Waals surface area contributed by atoms with Crippen molar-refractivity contribution < 1.29 is 9.47 Å². The maximum atomic E-state index is 5.83. The zero-order valence-electron chi connectivity index (χ0n) is 15.1. The highest BCUT2D eigenvalue weighted by molar-refractivity contribution is 5.13. The van der Waals surface area contributed by atoms with Crippen LogP contribution in [0.3, 0.4) is 0 Å². The van der Waals surface area contributed by atoms with Crippen LogP contribution in [0, 0.1) is 6.92 Å². The van der Waals surface area contributed by atoms with Crippen molar-refractivity contribution in [2.45, 2.75) is 51.3 Å². The number of hydrogen-bond donors (Lipinski definition) is 1. The second-order valence-electron chi connectivity index (χ2n) is 6.94. The third-order valence-electron chi connectivity index (χ3n) is 5.37. The summed E-state index contributed by atoms with van der Waals surface area (Å²) in [5, 5.41) is 3.70. The molecule has 2 aliphatic rings. The third kappa shape index (κ3) is 3.77. The summed E-state index contributed by atoms with van der Waals surface area (Å²) in [7, 11) is 0. The van der Waals surface area contributed by atoms with Gasteiger partial charge in [-0.2, -0.15) is 0 Å². The number of nitrogens with one attached hydrogen (secondary N) is 1. The summed E-state index contributed by atoms with van der Waals surface area (Å²) in [6.07, 6.45) is 6.11. The molecule has 6 heteroatoms. The molecule has 24 heavy (non-hydrogen) atoms. The maximum absolute atomic E-state index is 5.83. The van der Waals surface area contributed by atoms with Crippen LogP contribution in [0.5, 0.6) is 0 Å². The fraction of sp³-hybridized carbons (Fsp3) is 0.778. The predicted molar refractivity (Wildman–Crippen MR) is 93.0 cm³/mol. The van der Waals surface area contributed by atoms with Crippen LogP contribution in [-0.4, -0.2) is 66.0 Å². The van der Waals surface area contributed by atoms with Gasteiger partial charge in [-0.3, -0.25) is 14.9 Å². The number of rotatable bonds is 7. The van der Waals surface area contributed by atoms with Gasteiger partial charge in [-0.15, -0.1) is 0 Å². The standard InChI is InChI=1S/C18H30N4O2/c1-4-24-16-11-18(12-16,22-7-9-23-10-8-22)13-21-15(3)17-14(2)19-5-6-20-17/h5-6,15-16,21H,4,7-13H2,1-3H3. The molecule has 1 aromatic rings. The lowest BCUT2D eigenvalue weighted by molar-refractivity contribution is -0.126. The Kier molecular flexibility index (Phi) is 5.81. The van der Waals surface area contributed by atoms with Crippen LogP contribution >= 0.6 is 0 Å². The summed E-state index contributed by atoms with van der Waals surface area (Å²) < 4.78 is 11.4. The highest BCUT2D eigenvalue weighted by Crippen LogP contribution is 2.40. The molecule has 0 radical (unpaired) electrons. The van der Waals surface area contributed by atoms with Crippen LogP contribution in [0.1, 0.15) is 44.1 Å². The number of nitrogens with zero attached hydrogens (tertiary/aromatic N) is 3. The Morgan fingerprint density at radius 1 is 1.33 bits per heavy atom. The number of morpholine rings is 1. The molecule has 1 aliphatic carbocycles. The van der Waals surface area contributed by atoms with Gasteiger partial charge in [0, 0.05) is 50.2 Å². The van der Waals surface area contributed by atoms with Crippen LogP contribution in [0.15, 0.2) is 12.4 Å². The minimum absolute atomic E-state index is 0.188. The van der Waals surface area contributed by atoms with Crippen molar-refractivity contribution in [3.05, 3.63) is 23.8 Å². The largest absolute Gasteiger partial charge is 0.379 e. The van der Waals surface area contributed by atoms with Gasteiger partial charge in [0.25, 0.3) is 0 Å². The molecule has 6 nitrogen and oxygen atoms in total. The fourth-order valence-corrected chi connectivity index (χ4v) is 3.98. The Hall–Kier alpha value is -1.08. The van der Waals surface area contributed by atoms with Crippen LogP contribution in [0.4, 0.5) is 0 Å². The van der Waals surface area contributed by atoms with Gasteiger partial charge in [0.15, 0.2) is 0 Å². The number of aryl methyl sites for hydroxylation is 1. The van der Waals surface area contributed by atoms with E-state index >= 15 is 0 Å². The number of hydrogen-bond acceptors (Lipinski definition) is 6. The average molecular weight is 334 g/mol. The Morgan fingerprint density at radius 2 is 2.04 bits per heavy atom. The topological polar surface area (TPSA) is 59.5 Å². The zero-order valence-corrected chi connectivity index (χ0v) is 15.1. The summed E-state index contributed by atoms with van der Waals surface area (Å²) in [4.78, 5) is 11.4. The minimum Gasteiger partial charge on any atom is -0.379 e. The first-order valence-electron chi connectivity index (χ1n) is 9.10. The molecule has 134 valence electrons. The molecule has 0 bridgehead atoms. The SMILES string of the molecule is CCOC1CC(CNC(C)c2nccnc2C)(N2CCOCC2)C1. The van der Waals surface area contributed by atoms with Gasteiger partial charge in [0.05, 0.1) is 30.7 Å². The van der Waals surface area contributed by atoms with Gasteiger partial charge < -0.3 is 14.8 Å². The molecule has 2 heterocycles. The van der Waals surface area contributed by atoms with E-state index in [9.17, 15) is 0 Å². The van der Waals surface area contributed by atoms with E-state index in [1.165, 1.54) is 0 Å². The molecule has 1 aromatic heterocycles. The summed E-state index contributed by atoms with van der Waals surface area (Å²) in [6, 6.07) is 0.197. The van der Waals surface area contributed by atoms with Crippen LogP contribution in [0.2, 0.25) is 0 Å². The lowest BCUT2D eigenvalue weighted by Gasteiger charge is -2.55. The molecule has 1 atom stereocenters. The monoisotopic (exact) mass is 334 g/mol. The zero-order chi connectivity index (χ0) is 17.0. The van der Waals surface area contributed by atoms with Crippen LogP contribution in [0.25, 0.3) is 0 Å². The van der Waals surface area contributed by atoms with Crippen molar-refractivity contribution in [3.8, 4) is 0 Å². The van der Waals surface area contributed by atoms with Crippen molar-refractivity contribution >= 4 is 0 Å². The lowest BCUT2D eigenvalue weighted by atomic mass is 9.72. The Bertz CT molecular complexity index is 528. The van der Waals surface area contributed by atoms with Crippen molar-refractivity contribution in [3.63, 3.8) is 0 Å². The highest BCUT2D eigenvalue weighted by Gasteiger charge is 2.49. The molecule has 1 saturated carbocycles. The van der Waals surface area contributed by atoms with Gasteiger partial charge in [0.2, 0.25) is 0 Å². The van der Waals surface area contributed by atoms with Crippen LogP contribution in [-0.2, 0) is 9.47 Å². The summed E-state index contributed by atoms with van der Waals surface area (Å²) >= 11 is 0. The second kappa shape index (κ2) is 7.87. The van der Waals surface area contributed by atoms with E-state index < -0.39 is 0 Å². The van der Waals surface area contributed by atoms with E-state index in [4.69, 9.17) is 9.47 Å². The average Bonchev–Trinajstić information content (AvgIpc) is 2.58. The Morgan fingerprint density at radius 3 is 2.71 bits per heavy atom. The second-order valence-corrected chi connectivity index (χ2v) is 6.94. The van der Waals surface area contributed by atoms with E-state index in [-0.39, 0.29) is 11.6 Å². The summed E-state index contributed by atoms with van der Waals surface area (Å²) in [6.45, 7) is 11.7. The van der Waals surface area contributed by atoms with Crippen molar-refractivity contribution in [2.24, 2.45) is 0 Å². The van der Waals surface area contributed by atoms with Gasteiger partial charge in [-0.25, -0.2) is 0 Å². The van der Waals surface area contributed by atoms with Gasteiger partial charge in [-0.1, -0.05) is 0 Å².